The van der Waals surface area contributed by atoms with E-state index >= 15 is 0 Å². The fourth-order valence-corrected chi connectivity index (χ4v) is 2.03. The molecule has 1 aromatic heterocycles. The van der Waals surface area contributed by atoms with E-state index in [9.17, 15) is 4.79 Å². The number of aromatic nitrogens is 2. The molecule has 3 aromatic rings. The first-order valence-electron chi connectivity index (χ1n) is 6.87. The van der Waals surface area contributed by atoms with E-state index in [0.29, 0.717) is 11.4 Å². The van der Waals surface area contributed by atoms with Gasteiger partial charge < -0.3 is 4.74 Å². The Labute approximate surface area is 127 Å². The molecule has 1 heterocycles. The number of H-pyrrole nitrogens is 1. The Morgan fingerprint density at radius 2 is 1.82 bits per heavy atom. The topological polar surface area (TPSA) is 67.0 Å². The highest BCUT2D eigenvalue weighted by Crippen LogP contribution is 2.20. The molecule has 0 atom stereocenters. The second-order valence-corrected chi connectivity index (χ2v) is 4.84. The Morgan fingerprint density at radius 3 is 2.45 bits per heavy atom. The normalized spacial score (nSPS) is 10.2. The molecule has 0 fully saturated rings. The van der Waals surface area contributed by atoms with Crippen LogP contribution in [0.25, 0.3) is 11.3 Å². The molecule has 0 aliphatic carbocycles. The van der Waals surface area contributed by atoms with Crippen molar-refractivity contribution >= 4 is 11.8 Å². The van der Waals surface area contributed by atoms with Gasteiger partial charge in [-0.1, -0.05) is 30.3 Å². The lowest BCUT2D eigenvalue weighted by Crippen LogP contribution is -2.16. The van der Waals surface area contributed by atoms with E-state index in [1.165, 1.54) is 0 Å². The molecular weight excluding hydrogens is 278 g/mol. The average Bonchev–Trinajstić information content (AvgIpc) is 2.95. The first-order chi connectivity index (χ1) is 10.7. The van der Waals surface area contributed by atoms with E-state index in [1.807, 2.05) is 55.5 Å². The highest BCUT2D eigenvalue weighted by atomic mass is 16.6. The second kappa shape index (κ2) is 6.13. The number of amides is 1. The molecule has 0 saturated heterocycles. The minimum Gasteiger partial charge on any atom is -0.410 e. The Bertz CT molecular complexity index is 764. The van der Waals surface area contributed by atoms with Gasteiger partial charge in [-0.3, -0.25) is 10.4 Å². The van der Waals surface area contributed by atoms with Gasteiger partial charge in [-0.05, 0) is 37.3 Å². The number of carbonyl (C=O) groups excluding carboxylic acids is 1. The minimum atomic E-state index is -0.519. The van der Waals surface area contributed by atoms with E-state index in [-0.39, 0.29) is 0 Å². The van der Waals surface area contributed by atoms with Gasteiger partial charge in [0.05, 0.1) is 5.69 Å². The Morgan fingerprint density at radius 1 is 1.09 bits per heavy atom. The number of hydrogen-bond donors (Lipinski definition) is 2. The van der Waals surface area contributed by atoms with Crippen molar-refractivity contribution in [1.82, 2.24) is 10.2 Å². The molecule has 22 heavy (non-hydrogen) atoms. The minimum absolute atomic E-state index is 0.503. The van der Waals surface area contributed by atoms with Gasteiger partial charge in [-0.15, -0.1) is 0 Å². The number of carbonyl (C=O) groups is 1. The summed E-state index contributed by atoms with van der Waals surface area (Å²) in [6, 6.07) is 18.3. The highest BCUT2D eigenvalue weighted by molar-refractivity contribution is 5.86. The molecule has 1 amide bonds. The van der Waals surface area contributed by atoms with Crippen LogP contribution in [0.15, 0.2) is 60.7 Å². The van der Waals surface area contributed by atoms with Crippen molar-refractivity contribution < 1.29 is 9.53 Å². The molecule has 0 saturated carbocycles. The molecule has 3 rings (SSSR count). The van der Waals surface area contributed by atoms with Gasteiger partial charge >= 0.3 is 6.09 Å². The van der Waals surface area contributed by atoms with Crippen LogP contribution in [0.1, 0.15) is 5.69 Å². The highest BCUT2D eigenvalue weighted by Gasteiger charge is 2.06. The van der Waals surface area contributed by atoms with Gasteiger partial charge in [0.1, 0.15) is 5.75 Å². The maximum Gasteiger partial charge on any atom is 0.417 e. The molecule has 0 spiro atoms. The summed E-state index contributed by atoms with van der Waals surface area (Å²) in [6.45, 7) is 1.95. The zero-order valence-corrected chi connectivity index (χ0v) is 12.0. The van der Waals surface area contributed by atoms with E-state index in [2.05, 4.69) is 15.5 Å². The Kier molecular flexibility index (Phi) is 3.87. The number of aryl methyl sites for hydroxylation is 1. The van der Waals surface area contributed by atoms with Crippen LogP contribution in [0.5, 0.6) is 5.75 Å². The Hall–Kier alpha value is -3.08. The number of rotatable bonds is 3. The molecule has 0 unspecified atom stereocenters. The third-order valence-corrected chi connectivity index (χ3v) is 3.09. The maximum absolute atomic E-state index is 11.8. The van der Waals surface area contributed by atoms with Gasteiger partial charge in [0.25, 0.3) is 0 Å². The summed E-state index contributed by atoms with van der Waals surface area (Å²) in [6.07, 6.45) is -0.519. The first-order valence-corrected chi connectivity index (χ1v) is 6.87. The number of anilines is 1. The van der Waals surface area contributed by atoms with Crippen molar-refractivity contribution in [1.29, 1.82) is 0 Å². The molecule has 2 N–H and O–H groups in total. The summed E-state index contributed by atoms with van der Waals surface area (Å²) in [4.78, 5) is 11.8. The van der Waals surface area contributed by atoms with E-state index in [0.717, 1.165) is 17.0 Å². The Balaban J connectivity index is 1.65. The first kappa shape index (κ1) is 13.9. The number of ether oxygens (including phenoxy) is 1. The van der Waals surface area contributed by atoms with Gasteiger partial charge in [0, 0.05) is 16.9 Å². The lowest BCUT2D eigenvalue weighted by molar-refractivity contribution is 0.215. The summed E-state index contributed by atoms with van der Waals surface area (Å²) < 4.78 is 5.17. The zero-order chi connectivity index (χ0) is 15.4. The van der Waals surface area contributed by atoms with Crippen molar-refractivity contribution in [3.63, 3.8) is 0 Å². The number of hydrogen-bond acceptors (Lipinski definition) is 3. The molecule has 2 aromatic carbocycles. The van der Waals surface area contributed by atoms with Crippen molar-refractivity contribution in [3.05, 3.63) is 66.4 Å². The third kappa shape index (κ3) is 3.32. The largest absolute Gasteiger partial charge is 0.417 e. The predicted octanol–water partition coefficient (Wildman–Crippen LogP) is 4.00. The summed E-state index contributed by atoms with van der Waals surface area (Å²) in [5.74, 6) is 0.503. The number of nitrogens with zero attached hydrogens (tertiary/aromatic N) is 1. The fourth-order valence-electron chi connectivity index (χ4n) is 2.03. The third-order valence-electron chi connectivity index (χ3n) is 3.09. The monoisotopic (exact) mass is 293 g/mol. The number of aromatic amines is 1. The van der Waals surface area contributed by atoms with E-state index < -0.39 is 6.09 Å². The van der Waals surface area contributed by atoms with Gasteiger partial charge in [0.2, 0.25) is 0 Å². The molecule has 110 valence electrons. The molecule has 0 radical (unpaired) electrons. The van der Waals surface area contributed by atoms with Crippen molar-refractivity contribution in [2.24, 2.45) is 0 Å². The SMILES string of the molecule is Cc1cc(-c2ccc(NC(=O)Oc3ccccc3)cc2)n[nH]1. The standard InChI is InChI=1S/C17H15N3O2/c1-12-11-16(20-19-12)13-7-9-14(10-8-13)18-17(21)22-15-5-3-2-4-6-15/h2-11H,1H3,(H,18,21)(H,19,20). The van der Waals surface area contributed by atoms with Crippen molar-refractivity contribution in [2.45, 2.75) is 6.92 Å². The lowest BCUT2D eigenvalue weighted by atomic mass is 10.1. The van der Waals surface area contributed by atoms with Crippen LogP contribution in [-0.2, 0) is 0 Å². The van der Waals surface area contributed by atoms with Gasteiger partial charge in [-0.25, -0.2) is 4.79 Å². The van der Waals surface area contributed by atoms with Crippen LogP contribution < -0.4 is 10.1 Å². The van der Waals surface area contributed by atoms with Crippen LogP contribution in [0, 0.1) is 6.92 Å². The quantitative estimate of drug-likeness (QED) is 0.767. The van der Waals surface area contributed by atoms with Crippen LogP contribution in [0.2, 0.25) is 0 Å². The summed E-state index contributed by atoms with van der Waals surface area (Å²) >= 11 is 0. The van der Waals surface area contributed by atoms with Crippen LogP contribution in [0.3, 0.4) is 0 Å². The molecule has 5 heteroatoms. The number of para-hydroxylation sites is 1. The average molecular weight is 293 g/mol. The van der Waals surface area contributed by atoms with Gasteiger partial charge in [0.15, 0.2) is 0 Å². The summed E-state index contributed by atoms with van der Waals surface area (Å²) in [5.41, 5.74) is 3.52. The smallest absolute Gasteiger partial charge is 0.410 e. The number of nitrogens with one attached hydrogen (secondary N) is 2. The maximum atomic E-state index is 11.8. The van der Waals surface area contributed by atoms with Crippen LogP contribution in [0.4, 0.5) is 10.5 Å². The number of benzene rings is 2. The van der Waals surface area contributed by atoms with Crippen molar-refractivity contribution in [2.75, 3.05) is 5.32 Å². The van der Waals surface area contributed by atoms with E-state index in [4.69, 9.17) is 4.74 Å². The lowest BCUT2D eigenvalue weighted by Gasteiger charge is -2.06. The van der Waals surface area contributed by atoms with Gasteiger partial charge in [-0.2, -0.15) is 5.10 Å². The molecule has 5 nitrogen and oxygen atoms in total. The molecule has 0 bridgehead atoms. The van der Waals surface area contributed by atoms with E-state index in [1.54, 1.807) is 12.1 Å². The molecule has 0 aliphatic heterocycles. The van der Waals surface area contributed by atoms with Crippen molar-refractivity contribution in [3.8, 4) is 17.0 Å². The second-order valence-electron chi connectivity index (χ2n) is 4.84. The van der Waals surface area contributed by atoms with Crippen LogP contribution in [-0.4, -0.2) is 16.3 Å². The zero-order valence-electron chi connectivity index (χ0n) is 12.0. The summed E-state index contributed by atoms with van der Waals surface area (Å²) in [5, 5.41) is 9.78. The predicted molar refractivity (Wildman–Crippen MR) is 84.8 cm³/mol. The molecular formula is C17H15N3O2. The fraction of sp³-hybridized carbons (Fsp3) is 0.0588. The summed E-state index contributed by atoms with van der Waals surface area (Å²) in [7, 11) is 0. The van der Waals surface area contributed by atoms with Crippen LogP contribution >= 0.6 is 0 Å². The molecule has 0 aliphatic rings.